The Morgan fingerprint density at radius 3 is 2.21 bits per heavy atom. The molecule has 0 bridgehead atoms. The lowest BCUT2D eigenvalue weighted by Crippen LogP contribution is -2.51. The van der Waals surface area contributed by atoms with E-state index in [0.29, 0.717) is 16.0 Å². The van der Waals surface area contributed by atoms with Crippen molar-refractivity contribution < 1.29 is 4.79 Å². The highest BCUT2D eigenvalue weighted by molar-refractivity contribution is 6.38. The zero-order valence-electron chi connectivity index (χ0n) is 14.0. The minimum atomic E-state index is 0.119. The second-order valence-electron chi connectivity index (χ2n) is 6.47. The van der Waals surface area contributed by atoms with Crippen molar-refractivity contribution in [2.75, 3.05) is 50.7 Å². The van der Waals surface area contributed by atoms with E-state index in [0.717, 1.165) is 64.3 Å². The largest absolute Gasteiger partial charge is 0.369 e. The molecular weight excluding hydrogens is 347 g/mol. The van der Waals surface area contributed by atoms with Crippen molar-refractivity contribution in [1.29, 1.82) is 0 Å². The lowest BCUT2D eigenvalue weighted by molar-refractivity contribution is -0.137. The van der Waals surface area contributed by atoms with Gasteiger partial charge in [-0.2, -0.15) is 0 Å². The quantitative estimate of drug-likeness (QED) is 0.819. The summed E-state index contributed by atoms with van der Waals surface area (Å²) in [6.45, 7) is 8.52. The van der Waals surface area contributed by atoms with Crippen LogP contribution in [0.5, 0.6) is 0 Å². The van der Waals surface area contributed by atoms with Crippen LogP contribution in [0.4, 0.5) is 5.69 Å². The van der Waals surface area contributed by atoms with Crippen LogP contribution < -0.4 is 4.90 Å². The van der Waals surface area contributed by atoms with Crippen LogP contribution >= 0.6 is 23.2 Å². The van der Waals surface area contributed by atoms with Gasteiger partial charge in [0.2, 0.25) is 5.91 Å². The summed E-state index contributed by atoms with van der Waals surface area (Å²) in [7, 11) is 0. The number of piperidine rings is 1. The third kappa shape index (κ3) is 3.79. The van der Waals surface area contributed by atoms with Gasteiger partial charge in [0.05, 0.1) is 15.7 Å². The van der Waals surface area contributed by atoms with E-state index in [-0.39, 0.29) is 5.92 Å². The molecule has 2 saturated heterocycles. The molecule has 2 aliphatic heterocycles. The third-order valence-corrected chi connectivity index (χ3v) is 5.67. The second kappa shape index (κ2) is 7.89. The van der Waals surface area contributed by atoms with Crippen molar-refractivity contribution in [2.24, 2.45) is 5.92 Å². The molecule has 0 aromatic carbocycles. The Morgan fingerprint density at radius 2 is 1.67 bits per heavy atom. The lowest BCUT2D eigenvalue weighted by Gasteiger charge is -2.39. The van der Waals surface area contributed by atoms with E-state index in [9.17, 15) is 4.79 Å². The van der Waals surface area contributed by atoms with Crippen LogP contribution in [0.2, 0.25) is 10.0 Å². The van der Waals surface area contributed by atoms with Crippen LogP contribution in [0, 0.1) is 5.92 Å². The molecule has 0 saturated carbocycles. The second-order valence-corrected chi connectivity index (χ2v) is 7.29. The molecule has 0 aliphatic carbocycles. The molecule has 5 nitrogen and oxygen atoms in total. The van der Waals surface area contributed by atoms with Gasteiger partial charge in [-0.3, -0.25) is 9.78 Å². The van der Waals surface area contributed by atoms with Gasteiger partial charge >= 0.3 is 0 Å². The number of rotatable bonds is 3. The molecule has 3 rings (SSSR count). The van der Waals surface area contributed by atoms with E-state index in [2.05, 4.69) is 21.7 Å². The number of hydrogen-bond acceptors (Lipinski definition) is 4. The maximum atomic E-state index is 12.8. The predicted molar refractivity (Wildman–Crippen MR) is 97.9 cm³/mol. The standard InChI is InChI=1S/C17H24Cl2N4O/c1-2-21-7-9-23(10-8-21)17(24)13-3-5-22(6-4-13)16-14(18)11-20-12-15(16)19/h11-13H,2-10H2,1H3. The lowest BCUT2D eigenvalue weighted by atomic mass is 9.94. The number of likely N-dealkylation sites (N-methyl/N-ethyl adjacent to an activating group) is 1. The van der Waals surface area contributed by atoms with Crippen LogP contribution in [0.1, 0.15) is 19.8 Å². The number of amides is 1. The Labute approximate surface area is 153 Å². The van der Waals surface area contributed by atoms with E-state index < -0.39 is 0 Å². The molecule has 1 amide bonds. The number of nitrogens with zero attached hydrogens (tertiary/aromatic N) is 4. The Balaban J connectivity index is 1.56. The molecule has 1 aromatic heterocycles. The number of halogens is 2. The summed E-state index contributed by atoms with van der Waals surface area (Å²) in [5, 5.41) is 1.14. The average Bonchev–Trinajstić information content (AvgIpc) is 2.62. The zero-order valence-corrected chi connectivity index (χ0v) is 15.6. The van der Waals surface area contributed by atoms with Crippen molar-refractivity contribution in [3.05, 3.63) is 22.4 Å². The molecule has 3 heterocycles. The number of anilines is 1. The summed E-state index contributed by atoms with van der Waals surface area (Å²) in [6, 6.07) is 0. The molecular formula is C17H24Cl2N4O. The molecule has 0 atom stereocenters. The van der Waals surface area contributed by atoms with Gasteiger partial charge < -0.3 is 14.7 Å². The number of pyridine rings is 1. The summed E-state index contributed by atoms with van der Waals surface area (Å²) in [5.74, 6) is 0.436. The van der Waals surface area contributed by atoms with Crippen LogP contribution in [0.3, 0.4) is 0 Å². The fraction of sp³-hybridized carbons (Fsp3) is 0.647. The molecule has 1 aromatic rings. The first-order valence-corrected chi connectivity index (χ1v) is 9.40. The highest BCUT2D eigenvalue weighted by Crippen LogP contribution is 2.35. The summed E-state index contributed by atoms with van der Waals surface area (Å²) >= 11 is 12.5. The summed E-state index contributed by atoms with van der Waals surface area (Å²) in [6.07, 6.45) is 4.93. The average molecular weight is 371 g/mol. The Morgan fingerprint density at radius 1 is 1.08 bits per heavy atom. The van der Waals surface area contributed by atoms with E-state index in [4.69, 9.17) is 23.2 Å². The van der Waals surface area contributed by atoms with Crippen LogP contribution in [0.25, 0.3) is 0 Å². The van der Waals surface area contributed by atoms with Gasteiger partial charge in [0.15, 0.2) is 0 Å². The smallest absolute Gasteiger partial charge is 0.225 e. The molecule has 7 heteroatoms. The monoisotopic (exact) mass is 370 g/mol. The number of piperazine rings is 1. The molecule has 24 heavy (non-hydrogen) atoms. The molecule has 0 unspecified atom stereocenters. The van der Waals surface area contributed by atoms with Gasteiger partial charge in [-0.1, -0.05) is 30.1 Å². The Bertz CT molecular complexity index is 562. The number of aromatic nitrogens is 1. The number of carbonyl (C=O) groups is 1. The van der Waals surface area contributed by atoms with Crippen molar-refractivity contribution >= 4 is 34.8 Å². The molecule has 2 fully saturated rings. The normalized spacial score (nSPS) is 20.5. The van der Waals surface area contributed by atoms with Crippen molar-refractivity contribution in [2.45, 2.75) is 19.8 Å². The summed E-state index contributed by atoms with van der Waals surface area (Å²) in [4.78, 5) is 23.4. The molecule has 0 spiro atoms. The number of carbonyl (C=O) groups excluding carboxylic acids is 1. The van der Waals surface area contributed by atoms with Gasteiger partial charge in [0, 0.05) is 57.6 Å². The highest BCUT2D eigenvalue weighted by atomic mass is 35.5. The van der Waals surface area contributed by atoms with Crippen LogP contribution in [-0.2, 0) is 4.79 Å². The number of hydrogen-bond donors (Lipinski definition) is 0. The van der Waals surface area contributed by atoms with Crippen molar-refractivity contribution in [3.63, 3.8) is 0 Å². The third-order valence-electron chi connectivity index (χ3n) is 5.12. The fourth-order valence-corrected chi connectivity index (χ4v) is 4.20. The molecule has 0 N–H and O–H groups in total. The zero-order chi connectivity index (χ0) is 17.1. The van der Waals surface area contributed by atoms with Gasteiger partial charge in [0.1, 0.15) is 0 Å². The fourth-order valence-electron chi connectivity index (χ4n) is 3.60. The minimum absolute atomic E-state index is 0.119. The van der Waals surface area contributed by atoms with Gasteiger partial charge in [-0.25, -0.2) is 0 Å². The SMILES string of the molecule is CCN1CCN(C(=O)C2CCN(c3c(Cl)cncc3Cl)CC2)CC1. The molecule has 0 radical (unpaired) electrons. The van der Waals surface area contributed by atoms with E-state index in [1.807, 2.05) is 4.90 Å². The molecule has 2 aliphatic rings. The van der Waals surface area contributed by atoms with Crippen LogP contribution in [-0.4, -0.2) is 66.5 Å². The van der Waals surface area contributed by atoms with E-state index in [1.165, 1.54) is 0 Å². The van der Waals surface area contributed by atoms with E-state index >= 15 is 0 Å². The van der Waals surface area contributed by atoms with E-state index in [1.54, 1.807) is 12.4 Å². The van der Waals surface area contributed by atoms with Gasteiger partial charge in [-0.05, 0) is 19.4 Å². The van der Waals surface area contributed by atoms with Gasteiger partial charge in [0.25, 0.3) is 0 Å². The first-order chi connectivity index (χ1) is 11.6. The maximum Gasteiger partial charge on any atom is 0.225 e. The topological polar surface area (TPSA) is 39.7 Å². The minimum Gasteiger partial charge on any atom is -0.369 e. The highest BCUT2D eigenvalue weighted by Gasteiger charge is 2.31. The maximum absolute atomic E-state index is 12.8. The first kappa shape index (κ1) is 17.8. The van der Waals surface area contributed by atoms with Gasteiger partial charge in [-0.15, -0.1) is 0 Å². The molecule has 132 valence electrons. The first-order valence-electron chi connectivity index (χ1n) is 8.65. The Hall–Kier alpha value is -1.04. The summed E-state index contributed by atoms with van der Waals surface area (Å²) < 4.78 is 0. The Kier molecular flexibility index (Phi) is 5.85. The van der Waals surface area contributed by atoms with Crippen LogP contribution in [0.15, 0.2) is 12.4 Å². The van der Waals surface area contributed by atoms with Crippen molar-refractivity contribution in [1.82, 2.24) is 14.8 Å². The summed E-state index contributed by atoms with van der Waals surface area (Å²) in [5.41, 5.74) is 0.843. The van der Waals surface area contributed by atoms with Crippen molar-refractivity contribution in [3.8, 4) is 0 Å². The predicted octanol–water partition coefficient (Wildman–Crippen LogP) is 2.77.